The highest BCUT2D eigenvalue weighted by atomic mass is 32.2. The molecule has 0 bridgehead atoms. The molecule has 0 unspecified atom stereocenters. The van der Waals surface area contributed by atoms with Crippen molar-refractivity contribution >= 4 is 33.0 Å². The van der Waals surface area contributed by atoms with Crippen LogP contribution in [0.4, 0.5) is 4.39 Å². The number of halogens is 1. The smallest absolute Gasteiger partial charge is 0.307 e. The first-order chi connectivity index (χ1) is 12.3. The monoisotopic (exact) mass is 373 g/mol. The molecule has 2 aromatic carbocycles. The molecule has 5 nitrogen and oxygen atoms in total. The van der Waals surface area contributed by atoms with Crippen LogP contribution in [-0.2, 0) is 21.2 Å². The fourth-order valence-corrected chi connectivity index (χ4v) is 4.29. The Hall–Kier alpha value is -2.93. The van der Waals surface area contributed by atoms with Crippen LogP contribution in [0.25, 0.3) is 17.0 Å². The summed E-state index contributed by atoms with van der Waals surface area (Å²) in [5.41, 5.74) is 1.49. The summed E-state index contributed by atoms with van der Waals surface area (Å²) in [6.45, 7) is 1.52. The first-order valence-corrected chi connectivity index (χ1v) is 9.30. The molecule has 1 N–H and O–H groups in total. The van der Waals surface area contributed by atoms with E-state index in [4.69, 9.17) is 5.11 Å². The molecule has 0 amide bonds. The molecule has 1 heterocycles. The Bertz CT molecular complexity index is 1120. The average molecular weight is 373 g/mol. The zero-order valence-electron chi connectivity index (χ0n) is 13.9. The zero-order chi connectivity index (χ0) is 18.9. The molecule has 1 aromatic heterocycles. The Morgan fingerprint density at radius 1 is 1.19 bits per heavy atom. The number of aliphatic carboxylic acids is 1. The summed E-state index contributed by atoms with van der Waals surface area (Å²) in [5.74, 6) is -1.67. The quantitative estimate of drug-likeness (QED) is 0.742. The molecular weight excluding hydrogens is 357 g/mol. The fourth-order valence-electron chi connectivity index (χ4n) is 2.92. The largest absolute Gasteiger partial charge is 0.481 e. The number of carbonyl (C=O) groups is 1. The second kappa shape index (κ2) is 6.76. The predicted molar refractivity (Wildman–Crippen MR) is 97.8 cm³/mol. The SMILES string of the molecule is Cc1c(CC(=O)O)c2cc(F)ccc2n1S(=O)(=O)C=Cc1ccccc1. The lowest BCUT2D eigenvalue weighted by Crippen LogP contribution is -2.11. The zero-order valence-corrected chi connectivity index (χ0v) is 14.7. The number of nitrogens with zero attached hydrogens (tertiary/aromatic N) is 1. The van der Waals surface area contributed by atoms with Gasteiger partial charge in [0, 0.05) is 11.1 Å². The minimum Gasteiger partial charge on any atom is -0.481 e. The van der Waals surface area contributed by atoms with Crippen LogP contribution in [0.5, 0.6) is 0 Å². The van der Waals surface area contributed by atoms with Crippen molar-refractivity contribution in [3.8, 4) is 0 Å². The van der Waals surface area contributed by atoms with E-state index in [9.17, 15) is 17.6 Å². The van der Waals surface area contributed by atoms with Gasteiger partial charge in [-0.1, -0.05) is 30.3 Å². The molecular formula is C19H16FNO4S. The molecule has 134 valence electrons. The molecule has 3 rings (SSSR count). The van der Waals surface area contributed by atoms with E-state index in [1.807, 2.05) is 6.07 Å². The molecule has 0 fully saturated rings. The van der Waals surface area contributed by atoms with E-state index < -0.39 is 28.2 Å². The van der Waals surface area contributed by atoms with E-state index in [0.717, 1.165) is 21.5 Å². The van der Waals surface area contributed by atoms with E-state index in [-0.39, 0.29) is 22.2 Å². The summed E-state index contributed by atoms with van der Waals surface area (Å²) < 4.78 is 40.4. The van der Waals surface area contributed by atoms with Crippen molar-refractivity contribution in [2.24, 2.45) is 0 Å². The van der Waals surface area contributed by atoms with Crippen LogP contribution in [0.3, 0.4) is 0 Å². The van der Waals surface area contributed by atoms with E-state index in [1.165, 1.54) is 19.1 Å². The fraction of sp³-hybridized carbons (Fsp3) is 0.105. The summed E-state index contributed by atoms with van der Waals surface area (Å²) in [7, 11) is -3.92. The number of fused-ring (bicyclic) bond motifs is 1. The molecule has 0 aliphatic carbocycles. The molecule has 3 aromatic rings. The maximum atomic E-state index is 13.6. The Morgan fingerprint density at radius 3 is 2.54 bits per heavy atom. The van der Waals surface area contributed by atoms with E-state index in [2.05, 4.69) is 0 Å². The summed E-state index contributed by atoms with van der Waals surface area (Å²) in [4.78, 5) is 11.2. The Balaban J connectivity index is 2.19. The molecule has 26 heavy (non-hydrogen) atoms. The second-order valence-corrected chi connectivity index (χ2v) is 7.49. The van der Waals surface area contributed by atoms with Crippen molar-refractivity contribution in [1.82, 2.24) is 3.97 Å². The summed E-state index contributed by atoms with van der Waals surface area (Å²) in [6.07, 6.45) is 1.07. The maximum Gasteiger partial charge on any atom is 0.307 e. The average Bonchev–Trinajstić information content (AvgIpc) is 2.86. The summed E-state index contributed by atoms with van der Waals surface area (Å²) >= 11 is 0. The van der Waals surface area contributed by atoms with Gasteiger partial charge in [-0.3, -0.25) is 4.79 Å². The van der Waals surface area contributed by atoms with Gasteiger partial charge in [-0.15, -0.1) is 0 Å². The first-order valence-electron chi connectivity index (χ1n) is 7.79. The van der Waals surface area contributed by atoms with Crippen molar-refractivity contribution in [3.63, 3.8) is 0 Å². The number of hydrogen-bond donors (Lipinski definition) is 1. The van der Waals surface area contributed by atoms with Gasteiger partial charge in [0.1, 0.15) is 5.82 Å². The Kier molecular flexibility index (Phi) is 4.65. The van der Waals surface area contributed by atoms with Gasteiger partial charge < -0.3 is 5.11 Å². The van der Waals surface area contributed by atoms with Gasteiger partial charge in [0.2, 0.25) is 0 Å². The number of aromatic nitrogens is 1. The summed E-state index contributed by atoms with van der Waals surface area (Å²) in [6, 6.07) is 12.6. The van der Waals surface area contributed by atoms with Crippen LogP contribution in [-0.4, -0.2) is 23.5 Å². The number of carboxylic acid groups (broad SMARTS) is 1. The lowest BCUT2D eigenvalue weighted by molar-refractivity contribution is -0.136. The highest BCUT2D eigenvalue weighted by molar-refractivity contribution is 7.93. The van der Waals surface area contributed by atoms with Crippen molar-refractivity contribution in [3.05, 3.63) is 76.6 Å². The van der Waals surface area contributed by atoms with Crippen LogP contribution in [0, 0.1) is 12.7 Å². The molecule has 0 spiro atoms. The molecule has 0 saturated heterocycles. The topological polar surface area (TPSA) is 76.4 Å². The second-order valence-electron chi connectivity index (χ2n) is 5.82. The normalized spacial score (nSPS) is 12.1. The standard InChI is InChI=1S/C19H16FNO4S/c1-13-16(12-19(22)23)17-11-15(20)7-8-18(17)21(13)26(24,25)10-9-14-5-3-2-4-6-14/h2-11H,12H2,1H3,(H,22,23). The van der Waals surface area contributed by atoms with Crippen LogP contribution in [0.2, 0.25) is 0 Å². The maximum absolute atomic E-state index is 13.6. The van der Waals surface area contributed by atoms with Crippen LogP contribution in [0.15, 0.2) is 53.9 Å². The van der Waals surface area contributed by atoms with Crippen molar-refractivity contribution in [1.29, 1.82) is 0 Å². The molecule has 0 saturated carbocycles. The number of carboxylic acids is 1. The lowest BCUT2D eigenvalue weighted by Gasteiger charge is -2.06. The molecule has 0 atom stereocenters. The molecule has 7 heteroatoms. The number of hydrogen-bond acceptors (Lipinski definition) is 3. The van der Waals surface area contributed by atoms with Crippen molar-refractivity contribution < 1.29 is 22.7 Å². The van der Waals surface area contributed by atoms with E-state index in [0.29, 0.717) is 5.56 Å². The Morgan fingerprint density at radius 2 is 1.88 bits per heavy atom. The van der Waals surface area contributed by atoms with Gasteiger partial charge >= 0.3 is 5.97 Å². The van der Waals surface area contributed by atoms with E-state index in [1.54, 1.807) is 24.3 Å². The van der Waals surface area contributed by atoms with Crippen LogP contribution >= 0.6 is 0 Å². The van der Waals surface area contributed by atoms with Gasteiger partial charge in [0.25, 0.3) is 10.0 Å². The number of rotatable bonds is 5. The predicted octanol–water partition coefficient (Wildman–Crippen LogP) is 3.56. The molecule has 0 aliphatic rings. The van der Waals surface area contributed by atoms with Crippen LogP contribution in [0.1, 0.15) is 16.8 Å². The third-order valence-corrected chi connectivity index (χ3v) is 5.52. The van der Waals surface area contributed by atoms with Gasteiger partial charge in [-0.05, 0) is 42.3 Å². The van der Waals surface area contributed by atoms with Gasteiger partial charge in [0.15, 0.2) is 0 Å². The van der Waals surface area contributed by atoms with Crippen LogP contribution < -0.4 is 0 Å². The minimum atomic E-state index is -3.92. The highest BCUT2D eigenvalue weighted by Crippen LogP contribution is 2.29. The lowest BCUT2D eigenvalue weighted by atomic mass is 10.1. The van der Waals surface area contributed by atoms with E-state index >= 15 is 0 Å². The van der Waals surface area contributed by atoms with Gasteiger partial charge in [-0.25, -0.2) is 16.8 Å². The third kappa shape index (κ3) is 3.39. The third-order valence-electron chi connectivity index (χ3n) is 4.06. The van der Waals surface area contributed by atoms with Gasteiger partial charge in [-0.2, -0.15) is 0 Å². The molecule has 0 aliphatic heterocycles. The van der Waals surface area contributed by atoms with Crippen molar-refractivity contribution in [2.75, 3.05) is 0 Å². The first kappa shape index (κ1) is 17.9. The van der Waals surface area contributed by atoms with Crippen molar-refractivity contribution in [2.45, 2.75) is 13.3 Å². The highest BCUT2D eigenvalue weighted by Gasteiger charge is 2.23. The summed E-state index contributed by atoms with van der Waals surface area (Å²) in [5, 5.41) is 10.5. The minimum absolute atomic E-state index is 0.248. The Labute approximate surface area is 150 Å². The molecule has 0 radical (unpaired) electrons. The van der Waals surface area contributed by atoms with Gasteiger partial charge in [0.05, 0.1) is 17.3 Å². The number of benzene rings is 2.